The number of aromatic amines is 1. The molecule has 2 aromatic rings. The predicted molar refractivity (Wildman–Crippen MR) is 75.8 cm³/mol. The molecule has 1 amide bonds. The smallest absolute Gasteiger partial charge is 0.271 e. The lowest BCUT2D eigenvalue weighted by Crippen LogP contribution is -2.30. The Bertz CT molecular complexity index is 634. The first-order valence-corrected chi connectivity index (χ1v) is 6.91. The molecule has 0 aliphatic carbocycles. The number of aryl methyl sites for hydroxylation is 2. The van der Waals surface area contributed by atoms with Crippen molar-refractivity contribution < 1.29 is 4.79 Å². The van der Waals surface area contributed by atoms with Gasteiger partial charge in [0.05, 0.1) is 0 Å². The van der Waals surface area contributed by atoms with Crippen LogP contribution in [0.2, 0.25) is 0 Å². The lowest BCUT2D eigenvalue weighted by Gasteiger charge is -2.06. The molecule has 0 bridgehead atoms. The van der Waals surface area contributed by atoms with Gasteiger partial charge in [-0.2, -0.15) is 10.2 Å². The second kappa shape index (κ2) is 7.32. The Balaban J connectivity index is 1.85. The third-order valence-electron chi connectivity index (χ3n) is 2.88. The van der Waals surface area contributed by atoms with Gasteiger partial charge in [-0.3, -0.25) is 14.7 Å². The topological polar surface area (TPSA) is 106 Å². The van der Waals surface area contributed by atoms with E-state index in [0.29, 0.717) is 19.5 Å². The number of rotatable bonds is 7. The number of amides is 1. The first-order valence-electron chi connectivity index (χ1n) is 6.91. The van der Waals surface area contributed by atoms with Crippen molar-refractivity contribution in [3.05, 3.63) is 40.3 Å². The fourth-order valence-electron chi connectivity index (χ4n) is 1.84. The largest absolute Gasteiger partial charge is 0.351 e. The molecule has 8 nitrogen and oxygen atoms in total. The van der Waals surface area contributed by atoms with Crippen LogP contribution in [-0.4, -0.2) is 37.4 Å². The number of carbonyl (C=O) groups excluding carboxylic acids is 1. The van der Waals surface area contributed by atoms with Crippen molar-refractivity contribution in [2.24, 2.45) is 0 Å². The molecule has 0 unspecified atom stereocenters. The van der Waals surface area contributed by atoms with Crippen LogP contribution >= 0.6 is 0 Å². The van der Waals surface area contributed by atoms with Crippen LogP contribution in [0.4, 0.5) is 0 Å². The first kappa shape index (κ1) is 14.9. The quantitative estimate of drug-likeness (QED) is 0.705. The number of aromatic nitrogens is 5. The Morgan fingerprint density at radius 2 is 2.29 bits per heavy atom. The van der Waals surface area contributed by atoms with Crippen molar-refractivity contribution in [2.45, 2.75) is 32.7 Å². The Hall–Kier alpha value is -2.51. The van der Waals surface area contributed by atoms with Gasteiger partial charge in [-0.1, -0.05) is 6.92 Å². The van der Waals surface area contributed by atoms with Gasteiger partial charge in [0.15, 0.2) is 0 Å². The number of nitrogens with one attached hydrogen (secondary N) is 2. The fourth-order valence-corrected chi connectivity index (χ4v) is 1.84. The molecule has 8 heteroatoms. The molecular formula is C13H18N6O2. The molecule has 2 aromatic heterocycles. The summed E-state index contributed by atoms with van der Waals surface area (Å²) in [6, 6.07) is 2.81. The number of H-pyrrole nitrogens is 1. The van der Waals surface area contributed by atoms with Crippen molar-refractivity contribution in [1.82, 2.24) is 30.3 Å². The van der Waals surface area contributed by atoms with Crippen LogP contribution in [0.1, 0.15) is 36.1 Å². The average Bonchev–Trinajstić information content (AvgIpc) is 2.99. The third kappa shape index (κ3) is 4.23. The van der Waals surface area contributed by atoms with Crippen LogP contribution in [0.15, 0.2) is 23.3 Å². The van der Waals surface area contributed by atoms with E-state index in [1.807, 2.05) is 6.92 Å². The van der Waals surface area contributed by atoms with Crippen LogP contribution < -0.4 is 10.9 Å². The maximum Gasteiger partial charge on any atom is 0.271 e. The fraction of sp³-hybridized carbons (Fsp3) is 0.462. The van der Waals surface area contributed by atoms with Gasteiger partial charge in [-0.25, -0.2) is 9.67 Å². The van der Waals surface area contributed by atoms with Gasteiger partial charge < -0.3 is 5.32 Å². The van der Waals surface area contributed by atoms with E-state index in [2.05, 4.69) is 25.6 Å². The minimum atomic E-state index is -0.280. The van der Waals surface area contributed by atoms with Crippen LogP contribution in [0, 0.1) is 0 Å². The van der Waals surface area contributed by atoms with Gasteiger partial charge >= 0.3 is 0 Å². The molecule has 2 N–H and O–H groups in total. The highest BCUT2D eigenvalue weighted by molar-refractivity contribution is 5.91. The SMILES string of the molecule is CCCn1nc(C(=O)NCCCc2ncn[nH]2)ccc1=O. The van der Waals surface area contributed by atoms with Gasteiger partial charge in [-0.05, 0) is 18.9 Å². The summed E-state index contributed by atoms with van der Waals surface area (Å²) >= 11 is 0. The zero-order chi connectivity index (χ0) is 15.1. The molecule has 0 saturated heterocycles. The molecule has 112 valence electrons. The average molecular weight is 290 g/mol. The second-order valence-electron chi connectivity index (χ2n) is 4.57. The second-order valence-corrected chi connectivity index (χ2v) is 4.57. The predicted octanol–water partition coefficient (Wildman–Crippen LogP) is 0.134. The molecule has 2 rings (SSSR count). The minimum absolute atomic E-state index is 0.196. The summed E-state index contributed by atoms with van der Waals surface area (Å²) < 4.78 is 1.31. The molecule has 0 fully saturated rings. The Morgan fingerprint density at radius 1 is 1.43 bits per heavy atom. The molecule has 0 aliphatic rings. The Morgan fingerprint density at radius 3 is 3.00 bits per heavy atom. The highest BCUT2D eigenvalue weighted by Gasteiger charge is 2.08. The highest BCUT2D eigenvalue weighted by atomic mass is 16.2. The van der Waals surface area contributed by atoms with Crippen molar-refractivity contribution in [3.63, 3.8) is 0 Å². The Labute approximate surface area is 121 Å². The third-order valence-corrected chi connectivity index (χ3v) is 2.88. The molecule has 0 aromatic carbocycles. The minimum Gasteiger partial charge on any atom is -0.351 e. The maximum absolute atomic E-state index is 11.9. The Kier molecular flexibility index (Phi) is 5.19. The van der Waals surface area contributed by atoms with E-state index < -0.39 is 0 Å². The lowest BCUT2D eigenvalue weighted by atomic mass is 10.3. The highest BCUT2D eigenvalue weighted by Crippen LogP contribution is 1.95. The van der Waals surface area contributed by atoms with Crippen LogP contribution in [0.3, 0.4) is 0 Å². The normalized spacial score (nSPS) is 10.5. The van der Waals surface area contributed by atoms with Gasteiger partial charge in [0, 0.05) is 25.6 Å². The van der Waals surface area contributed by atoms with E-state index in [0.717, 1.165) is 18.7 Å². The molecule has 0 spiro atoms. The van der Waals surface area contributed by atoms with E-state index in [1.165, 1.54) is 23.1 Å². The number of hydrogen-bond donors (Lipinski definition) is 2. The number of nitrogens with zero attached hydrogens (tertiary/aromatic N) is 4. The summed E-state index contributed by atoms with van der Waals surface area (Å²) in [4.78, 5) is 27.5. The van der Waals surface area contributed by atoms with Gasteiger partial charge in [-0.15, -0.1) is 0 Å². The standard InChI is InChI=1S/C13H18N6O2/c1-2-8-19-12(20)6-5-10(18-19)13(21)14-7-3-4-11-15-9-16-17-11/h5-6,9H,2-4,7-8H2,1H3,(H,14,21)(H,15,16,17). The van der Waals surface area contributed by atoms with Crippen molar-refractivity contribution >= 4 is 5.91 Å². The van der Waals surface area contributed by atoms with Gasteiger partial charge in [0.25, 0.3) is 11.5 Å². The molecule has 2 heterocycles. The summed E-state index contributed by atoms with van der Waals surface area (Å²) in [7, 11) is 0. The number of hydrogen-bond acceptors (Lipinski definition) is 5. The van der Waals surface area contributed by atoms with Crippen LogP contribution in [-0.2, 0) is 13.0 Å². The van der Waals surface area contributed by atoms with Crippen LogP contribution in [0.5, 0.6) is 0 Å². The number of carbonyl (C=O) groups is 1. The summed E-state index contributed by atoms with van der Waals surface area (Å²) in [6.45, 7) is 2.96. The maximum atomic E-state index is 11.9. The van der Waals surface area contributed by atoms with E-state index in [1.54, 1.807) is 0 Å². The molecule has 0 aliphatic heterocycles. The summed E-state index contributed by atoms with van der Waals surface area (Å²) in [5.41, 5.74) is 0.0569. The van der Waals surface area contributed by atoms with E-state index in [4.69, 9.17) is 0 Å². The zero-order valence-electron chi connectivity index (χ0n) is 11.9. The zero-order valence-corrected chi connectivity index (χ0v) is 11.9. The molecule has 0 atom stereocenters. The summed E-state index contributed by atoms with van der Waals surface area (Å²) in [5, 5.41) is 13.3. The van der Waals surface area contributed by atoms with Crippen LogP contribution in [0.25, 0.3) is 0 Å². The molecular weight excluding hydrogens is 272 g/mol. The summed E-state index contributed by atoms with van der Waals surface area (Å²) in [6.07, 6.45) is 3.70. The van der Waals surface area contributed by atoms with E-state index in [-0.39, 0.29) is 17.2 Å². The van der Waals surface area contributed by atoms with Gasteiger partial charge in [0.1, 0.15) is 17.8 Å². The van der Waals surface area contributed by atoms with E-state index >= 15 is 0 Å². The van der Waals surface area contributed by atoms with Crippen molar-refractivity contribution in [1.29, 1.82) is 0 Å². The summed E-state index contributed by atoms with van der Waals surface area (Å²) in [5.74, 6) is 0.510. The van der Waals surface area contributed by atoms with E-state index in [9.17, 15) is 9.59 Å². The van der Waals surface area contributed by atoms with Crippen molar-refractivity contribution in [3.8, 4) is 0 Å². The van der Waals surface area contributed by atoms with Gasteiger partial charge in [0.2, 0.25) is 0 Å². The lowest BCUT2D eigenvalue weighted by molar-refractivity contribution is 0.0945. The monoisotopic (exact) mass is 290 g/mol. The first-order chi connectivity index (χ1) is 10.2. The molecule has 21 heavy (non-hydrogen) atoms. The molecule has 0 radical (unpaired) electrons. The molecule has 0 saturated carbocycles. The van der Waals surface area contributed by atoms with Crippen molar-refractivity contribution in [2.75, 3.05) is 6.54 Å².